The van der Waals surface area contributed by atoms with Gasteiger partial charge in [0.25, 0.3) is 0 Å². The van der Waals surface area contributed by atoms with Gasteiger partial charge in [-0.3, -0.25) is 4.57 Å². The van der Waals surface area contributed by atoms with Crippen molar-refractivity contribution in [3.8, 4) is 5.69 Å². The molecule has 0 spiro atoms. The Morgan fingerprint density at radius 2 is 1.89 bits per heavy atom. The summed E-state index contributed by atoms with van der Waals surface area (Å²) in [5.41, 5.74) is 7.37. The second kappa shape index (κ2) is 4.44. The Labute approximate surface area is 121 Å². The molecule has 3 aromatic rings. The van der Waals surface area contributed by atoms with Crippen LogP contribution < -0.4 is 5.73 Å². The highest BCUT2D eigenvalue weighted by Crippen LogP contribution is 2.26. The van der Waals surface area contributed by atoms with Gasteiger partial charge in [-0.05, 0) is 52.9 Å². The van der Waals surface area contributed by atoms with E-state index in [9.17, 15) is 8.78 Å². The number of benzene rings is 2. The van der Waals surface area contributed by atoms with E-state index in [0.717, 1.165) is 9.64 Å². The summed E-state index contributed by atoms with van der Waals surface area (Å²) in [7, 11) is 0. The van der Waals surface area contributed by atoms with E-state index in [-0.39, 0.29) is 11.6 Å². The van der Waals surface area contributed by atoms with Crippen LogP contribution in [0.5, 0.6) is 0 Å². The summed E-state index contributed by atoms with van der Waals surface area (Å²) in [5, 5.41) is 0. The van der Waals surface area contributed by atoms with E-state index in [1.54, 1.807) is 0 Å². The van der Waals surface area contributed by atoms with Gasteiger partial charge in [0, 0.05) is 9.64 Å². The molecule has 0 unspecified atom stereocenters. The summed E-state index contributed by atoms with van der Waals surface area (Å²) in [4.78, 5) is 4.19. The highest BCUT2D eigenvalue weighted by atomic mass is 127. The van der Waals surface area contributed by atoms with Crippen LogP contribution in [-0.2, 0) is 0 Å². The van der Waals surface area contributed by atoms with Crippen molar-refractivity contribution in [3.63, 3.8) is 0 Å². The number of hydrogen-bond donors (Lipinski definition) is 1. The topological polar surface area (TPSA) is 43.8 Å². The number of nitrogen functional groups attached to an aromatic ring is 1. The Morgan fingerprint density at radius 1 is 1.11 bits per heavy atom. The summed E-state index contributed by atoms with van der Waals surface area (Å²) in [5.74, 6) is -1.13. The molecule has 2 N–H and O–H groups in total. The number of halogens is 3. The fourth-order valence-corrected chi connectivity index (χ4v) is 2.46. The quantitative estimate of drug-likeness (QED) is 0.666. The fourth-order valence-electron chi connectivity index (χ4n) is 1.99. The van der Waals surface area contributed by atoms with Crippen LogP contribution in [0.4, 0.5) is 14.7 Å². The third kappa shape index (κ3) is 2.05. The van der Waals surface area contributed by atoms with Crippen LogP contribution in [0.15, 0.2) is 36.4 Å². The number of anilines is 1. The largest absolute Gasteiger partial charge is 0.369 e. The molecule has 0 aliphatic heterocycles. The third-order valence-electron chi connectivity index (χ3n) is 2.79. The maximum atomic E-state index is 13.9. The summed E-state index contributed by atoms with van der Waals surface area (Å²) in [6, 6.07) is 8.90. The van der Waals surface area contributed by atoms with Gasteiger partial charge in [0.1, 0.15) is 11.6 Å². The first kappa shape index (κ1) is 12.3. The molecule has 0 amide bonds. The van der Waals surface area contributed by atoms with Crippen LogP contribution in [0, 0.1) is 15.2 Å². The zero-order chi connectivity index (χ0) is 13.6. The molecular weight excluding hydrogens is 363 g/mol. The molecule has 0 radical (unpaired) electrons. The van der Waals surface area contributed by atoms with Crippen LogP contribution in [0.25, 0.3) is 16.7 Å². The molecule has 0 saturated heterocycles. The zero-order valence-corrected chi connectivity index (χ0v) is 11.7. The standard InChI is InChI=1S/C13H8F2IN3/c14-7-1-3-11(9(15)5-7)19-12-4-2-8(16)6-10(12)18-13(19)17/h1-6H,(H2,17,18). The van der Waals surface area contributed by atoms with Crippen molar-refractivity contribution in [2.24, 2.45) is 0 Å². The number of imidazole rings is 1. The molecule has 2 aromatic carbocycles. The van der Waals surface area contributed by atoms with Gasteiger partial charge in [-0.1, -0.05) is 0 Å². The highest BCUT2D eigenvalue weighted by Gasteiger charge is 2.14. The molecule has 0 atom stereocenters. The fraction of sp³-hybridized carbons (Fsp3) is 0. The lowest BCUT2D eigenvalue weighted by molar-refractivity contribution is 0.579. The van der Waals surface area contributed by atoms with Crippen molar-refractivity contribution < 1.29 is 8.78 Å². The van der Waals surface area contributed by atoms with E-state index in [1.165, 1.54) is 16.7 Å². The molecule has 1 aromatic heterocycles. The molecule has 6 heteroatoms. The molecule has 19 heavy (non-hydrogen) atoms. The summed E-state index contributed by atoms with van der Waals surface area (Å²) < 4.78 is 29.3. The van der Waals surface area contributed by atoms with Crippen molar-refractivity contribution in [2.75, 3.05) is 5.73 Å². The van der Waals surface area contributed by atoms with Gasteiger partial charge >= 0.3 is 0 Å². The number of nitrogens with two attached hydrogens (primary N) is 1. The minimum atomic E-state index is -0.676. The van der Waals surface area contributed by atoms with Crippen LogP contribution in [-0.4, -0.2) is 9.55 Å². The van der Waals surface area contributed by atoms with Crippen LogP contribution >= 0.6 is 22.6 Å². The van der Waals surface area contributed by atoms with Gasteiger partial charge in [-0.2, -0.15) is 0 Å². The lowest BCUT2D eigenvalue weighted by Crippen LogP contribution is -2.03. The Morgan fingerprint density at radius 3 is 2.63 bits per heavy atom. The van der Waals surface area contributed by atoms with Crippen molar-refractivity contribution in [1.29, 1.82) is 0 Å². The van der Waals surface area contributed by atoms with E-state index in [0.29, 0.717) is 11.0 Å². The predicted molar refractivity (Wildman–Crippen MR) is 78.1 cm³/mol. The van der Waals surface area contributed by atoms with Gasteiger partial charge in [0.2, 0.25) is 5.95 Å². The first-order valence-corrected chi connectivity index (χ1v) is 6.53. The van der Waals surface area contributed by atoms with Crippen molar-refractivity contribution in [1.82, 2.24) is 9.55 Å². The maximum absolute atomic E-state index is 13.9. The number of aromatic nitrogens is 2. The molecule has 1 heterocycles. The molecule has 0 bridgehead atoms. The predicted octanol–water partition coefficient (Wildman–Crippen LogP) is 3.49. The van der Waals surface area contributed by atoms with E-state index in [4.69, 9.17) is 5.73 Å². The van der Waals surface area contributed by atoms with Crippen molar-refractivity contribution >= 4 is 39.6 Å². The number of fused-ring (bicyclic) bond motifs is 1. The monoisotopic (exact) mass is 371 g/mol. The SMILES string of the molecule is Nc1nc2cc(I)ccc2n1-c1ccc(F)cc1F. The molecule has 0 aliphatic carbocycles. The molecule has 0 saturated carbocycles. The summed E-state index contributed by atoms with van der Waals surface area (Å²) in [6.07, 6.45) is 0. The van der Waals surface area contributed by atoms with Gasteiger partial charge in [0.15, 0.2) is 0 Å². The van der Waals surface area contributed by atoms with Gasteiger partial charge in [-0.15, -0.1) is 0 Å². The van der Waals surface area contributed by atoms with E-state index < -0.39 is 11.6 Å². The average Bonchev–Trinajstić information content (AvgIpc) is 2.65. The van der Waals surface area contributed by atoms with E-state index in [1.807, 2.05) is 18.2 Å². The van der Waals surface area contributed by atoms with E-state index >= 15 is 0 Å². The molecule has 3 nitrogen and oxygen atoms in total. The summed E-state index contributed by atoms with van der Waals surface area (Å²) >= 11 is 2.16. The smallest absolute Gasteiger partial charge is 0.206 e. The second-order valence-electron chi connectivity index (χ2n) is 4.03. The third-order valence-corrected chi connectivity index (χ3v) is 3.46. The van der Waals surface area contributed by atoms with Gasteiger partial charge in [-0.25, -0.2) is 13.8 Å². The van der Waals surface area contributed by atoms with Gasteiger partial charge < -0.3 is 5.73 Å². The number of rotatable bonds is 1. The lowest BCUT2D eigenvalue weighted by Gasteiger charge is -2.07. The van der Waals surface area contributed by atoms with Gasteiger partial charge in [0.05, 0.1) is 16.7 Å². The van der Waals surface area contributed by atoms with E-state index in [2.05, 4.69) is 27.6 Å². The molecule has 0 aliphatic rings. The Balaban J connectivity index is 2.33. The number of nitrogens with zero attached hydrogens (tertiary/aromatic N) is 2. The van der Waals surface area contributed by atoms with Crippen LogP contribution in [0.2, 0.25) is 0 Å². The van der Waals surface area contributed by atoms with Crippen LogP contribution in [0.3, 0.4) is 0 Å². The Hall–Kier alpha value is -1.70. The molecular formula is C13H8F2IN3. The van der Waals surface area contributed by atoms with Crippen molar-refractivity contribution in [2.45, 2.75) is 0 Å². The minimum Gasteiger partial charge on any atom is -0.369 e. The lowest BCUT2D eigenvalue weighted by atomic mass is 10.2. The molecule has 96 valence electrons. The zero-order valence-electron chi connectivity index (χ0n) is 9.57. The Bertz CT molecular complexity index is 783. The average molecular weight is 371 g/mol. The maximum Gasteiger partial charge on any atom is 0.206 e. The first-order valence-electron chi connectivity index (χ1n) is 5.45. The Kier molecular flexibility index (Phi) is 2.89. The van der Waals surface area contributed by atoms with Crippen molar-refractivity contribution in [3.05, 3.63) is 51.6 Å². The second-order valence-corrected chi connectivity index (χ2v) is 5.28. The minimum absolute atomic E-state index is 0.169. The normalized spacial score (nSPS) is 11.1. The highest BCUT2D eigenvalue weighted by molar-refractivity contribution is 14.1. The number of hydrogen-bond acceptors (Lipinski definition) is 2. The summed E-state index contributed by atoms with van der Waals surface area (Å²) in [6.45, 7) is 0. The molecule has 3 rings (SSSR count). The molecule has 0 fully saturated rings. The first-order chi connectivity index (χ1) is 9.06. The van der Waals surface area contributed by atoms with Crippen LogP contribution in [0.1, 0.15) is 0 Å².